The number of alkyl halides is 1. The highest BCUT2D eigenvalue weighted by molar-refractivity contribution is 9.09. The highest BCUT2D eigenvalue weighted by Gasteiger charge is 2.61. The van der Waals surface area contributed by atoms with Crippen LogP contribution in [-0.2, 0) is 11.2 Å². The fourth-order valence-corrected chi connectivity index (χ4v) is 5.83. The van der Waals surface area contributed by atoms with Gasteiger partial charge in [0.15, 0.2) is 11.5 Å². The number of nitriles is 1. The number of hydrogen-bond donors (Lipinski definition) is 0. The summed E-state index contributed by atoms with van der Waals surface area (Å²) in [6.07, 6.45) is 2.59. The molecule has 27 heavy (non-hydrogen) atoms. The first kappa shape index (κ1) is 17.1. The van der Waals surface area contributed by atoms with Crippen molar-refractivity contribution in [1.29, 1.82) is 5.26 Å². The van der Waals surface area contributed by atoms with Gasteiger partial charge in [0.05, 0.1) is 18.6 Å². The molecule has 2 bridgehead atoms. The zero-order valence-corrected chi connectivity index (χ0v) is 16.3. The molecule has 5 heteroatoms. The van der Waals surface area contributed by atoms with Crippen LogP contribution in [-0.4, -0.2) is 17.2 Å². The molecule has 4 nitrogen and oxygen atoms in total. The number of halogens is 1. The summed E-state index contributed by atoms with van der Waals surface area (Å²) in [6, 6.07) is 17.6. The zero-order chi connectivity index (χ0) is 18.4. The van der Waals surface area contributed by atoms with Gasteiger partial charge < -0.3 is 14.2 Å². The van der Waals surface area contributed by atoms with Gasteiger partial charge in [-0.05, 0) is 42.9 Å². The Kier molecular flexibility index (Phi) is 4.34. The van der Waals surface area contributed by atoms with Crippen molar-refractivity contribution in [1.82, 2.24) is 0 Å². The molecule has 0 N–H and O–H groups in total. The molecule has 2 aromatic rings. The van der Waals surface area contributed by atoms with Crippen LogP contribution in [0.3, 0.4) is 0 Å². The Morgan fingerprint density at radius 1 is 1.07 bits per heavy atom. The van der Waals surface area contributed by atoms with E-state index in [1.54, 1.807) is 0 Å². The van der Waals surface area contributed by atoms with E-state index in [1.807, 2.05) is 48.5 Å². The topological polar surface area (TPSA) is 51.5 Å². The number of rotatable bonds is 5. The second kappa shape index (κ2) is 6.85. The number of para-hydroxylation sites is 2. The van der Waals surface area contributed by atoms with Gasteiger partial charge in [0.25, 0.3) is 0 Å². The predicted molar refractivity (Wildman–Crippen MR) is 104 cm³/mol. The van der Waals surface area contributed by atoms with E-state index in [0.29, 0.717) is 34.1 Å². The van der Waals surface area contributed by atoms with E-state index in [4.69, 9.17) is 14.2 Å². The van der Waals surface area contributed by atoms with Crippen molar-refractivity contribution in [2.45, 2.75) is 36.5 Å². The summed E-state index contributed by atoms with van der Waals surface area (Å²) in [5, 5.41) is 9.24. The molecule has 4 unspecified atom stereocenters. The van der Waals surface area contributed by atoms with Crippen LogP contribution in [0.2, 0.25) is 0 Å². The second-order valence-corrected chi connectivity index (χ2v) is 8.64. The molecule has 0 spiro atoms. The maximum Gasteiger partial charge on any atom is 0.203 e. The largest absolute Gasteiger partial charge is 0.460 e. The predicted octanol–water partition coefficient (Wildman–Crippen LogP) is 5.07. The third-order valence-corrected chi connectivity index (χ3v) is 7.33. The van der Waals surface area contributed by atoms with Gasteiger partial charge in [-0.1, -0.05) is 46.3 Å². The molecule has 2 aliphatic carbocycles. The maximum absolute atomic E-state index is 9.24. The minimum absolute atomic E-state index is 0.236. The lowest BCUT2D eigenvalue weighted by molar-refractivity contribution is -0.0826. The van der Waals surface area contributed by atoms with Gasteiger partial charge in [-0.3, -0.25) is 0 Å². The Bertz CT molecular complexity index is 881. The van der Waals surface area contributed by atoms with Gasteiger partial charge in [0, 0.05) is 16.3 Å². The van der Waals surface area contributed by atoms with Crippen molar-refractivity contribution in [3.63, 3.8) is 0 Å². The van der Waals surface area contributed by atoms with Crippen LogP contribution in [0.4, 0.5) is 0 Å². The Balaban J connectivity index is 1.45. The molecule has 5 rings (SSSR count). The highest BCUT2D eigenvalue weighted by atomic mass is 79.9. The highest BCUT2D eigenvalue weighted by Crippen LogP contribution is 2.59. The van der Waals surface area contributed by atoms with Crippen LogP contribution in [0.5, 0.6) is 17.2 Å². The molecule has 0 radical (unpaired) electrons. The van der Waals surface area contributed by atoms with E-state index < -0.39 is 0 Å². The molecule has 0 aromatic heterocycles. The first-order valence-electron chi connectivity index (χ1n) is 9.42. The number of nitrogens with zero attached hydrogens (tertiary/aromatic N) is 1. The molecule has 1 saturated heterocycles. The zero-order valence-electron chi connectivity index (χ0n) is 14.8. The van der Waals surface area contributed by atoms with Crippen LogP contribution in [0, 0.1) is 29.1 Å². The van der Waals surface area contributed by atoms with Gasteiger partial charge >= 0.3 is 0 Å². The van der Waals surface area contributed by atoms with Crippen LogP contribution < -0.4 is 9.47 Å². The lowest BCUT2D eigenvalue weighted by atomic mass is 9.89. The molecule has 138 valence electrons. The summed E-state index contributed by atoms with van der Waals surface area (Å²) >= 11 is 3.81. The summed E-state index contributed by atoms with van der Waals surface area (Å²) in [5.74, 6) is 3.68. The van der Waals surface area contributed by atoms with Gasteiger partial charge in [0.1, 0.15) is 5.75 Å². The fraction of sp³-hybridized carbons (Fsp3) is 0.409. The van der Waals surface area contributed by atoms with Gasteiger partial charge in [0.2, 0.25) is 6.29 Å². The molecule has 0 amide bonds. The van der Waals surface area contributed by atoms with Crippen LogP contribution in [0.1, 0.15) is 18.4 Å². The molecule has 2 aromatic carbocycles. The normalized spacial score (nSPS) is 33.0. The third kappa shape index (κ3) is 2.92. The average molecular weight is 426 g/mol. The Hall–Kier alpha value is -2.03. The van der Waals surface area contributed by atoms with E-state index in [9.17, 15) is 5.26 Å². The van der Waals surface area contributed by atoms with Crippen LogP contribution in [0.15, 0.2) is 48.5 Å². The van der Waals surface area contributed by atoms with Gasteiger partial charge in [-0.15, -0.1) is 0 Å². The maximum atomic E-state index is 9.24. The SMILES string of the molecule is N#CCc1cccc(Oc2ccccc2)c1O[C@H]1OC2C3CC(CC31)[C@@H]2Br. The van der Waals surface area contributed by atoms with E-state index in [0.717, 1.165) is 17.7 Å². The Labute approximate surface area is 167 Å². The molecule has 1 aliphatic heterocycles. The molecule has 3 aliphatic rings. The summed E-state index contributed by atoms with van der Waals surface area (Å²) in [6.45, 7) is 0. The number of ether oxygens (including phenoxy) is 3. The number of benzene rings is 2. The van der Waals surface area contributed by atoms with Crippen LogP contribution >= 0.6 is 15.9 Å². The van der Waals surface area contributed by atoms with Crippen molar-refractivity contribution >= 4 is 15.9 Å². The van der Waals surface area contributed by atoms with Crippen molar-refractivity contribution in [2.75, 3.05) is 0 Å². The lowest BCUT2D eigenvalue weighted by Gasteiger charge is -2.22. The monoisotopic (exact) mass is 425 g/mol. The summed E-state index contributed by atoms with van der Waals surface area (Å²) in [5.41, 5.74) is 0.832. The van der Waals surface area contributed by atoms with Crippen molar-refractivity contribution in [2.24, 2.45) is 17.8 Å². The number of hydrogen-bond acceptors (Lipinski definition) is 4. The van der Waals surface area contributed by atoms with Crippen molar-refractivity contribution in [3.8, 4) is 23.3 Å². The summed E-state index contributed by atoms with van der Waals surface area (Å²) in [4.78, 5) is 0.432. The van der Waals surface area contributed by atoms with E-state index in [1.165, 1.54) is 6.42 Å². The Morgan fingerprint density at radius 3 is 2.63 bits per heavy atom. The quantitative estimate of drug-likeness (QED) is 0.627. The fourth-order valence-electron chi connectivity index (χ4n) is 4.88. The lowest BCUT2D eigenvalue weighted by Crippen LogP contribution is -2.27. The Morgan fingerprint density at radius 2 is 1.89 bits per heavy atom. The summed E-state index contributed by atoms with van der Waals surface area (Å²) in [7, 11) is 0. The number of fused-ring (bicyclic) bond motifs is 1. The van der Waals surface area contributed by atoms with E-state index in [-0.39, 0.29) is 18.8 Å². The minimum atomic E-state index is -0.273. The molecule has 2 saturated carbocycles. The van der Waals surface area contributed by atoms with Crippen LogP contribution in [0.25, 0.3) is 0 Å². The summed E-state index contributed by atoms with van der Waals surface area (Å²) < 4.78 is 18.8. The molecular weight excluding hydrogens is 406 g/mol. The van der Waals surface area contributed by atoms with Crippen molar-refractivity contribution in [3.05, 3.63) is 54.1 Å². The second-order valence-electron chi connectivity index (χ2n) is 7.58. The molecule has 3 fully saturated rings. The molecule has 1 heterocycles. The average Bonchev–Trinajstić information content (AvgIpc) is 3.30. The first-order valence-corrected chi connectivity index (χ1v) is 10.3. The standard InChI is InChI=1S/C22H20BrNO3/c23-19-14-11-16-17(12-14)22(27-21(16)19)26-20-13(9-10-24)5-4-8-18(20)25-15-6-2-1-3-7-15/h1-8,14,16-17,19,21-22H,9,11-12H2/t14?,16?,17?,19-,21?,22-/m0/s1. The van der Waals surface area contributed by atoms with Gasteiger partial charge in [-0.25, -0.2) is 0 Å². The molecule has 6 atom stereocenters. The first-order chi connectivity index (χ1) is 13.2. The molecular formula is C22H20BrNO3. The van der Waals surface area contributed by atoms with Gasteiger partial charge in [-0.2, -0.15) is 5.26 Å². The van der Waals surface area contributed by atoms with E-state index in [2.05, 4.69) is 22.0 Å². The van der Waals surface area contributed by atoms with E-state index >= 15 is 0 Å². The minimum Gasteiger partial charge on any atom is -0.460 e. The van der Waals surface area contributed by atoms with Crippen molar-refractivity contribution < 1.29 is 14.2 Å². The third-order valence-electron chi connectivity index (χ3n) is 6.06. The smallest absolute Gasteiger partial charge is 0.203 e.